The van der Waals surface area contributed by atoms with Crippen molar-refractivity contribution in [1.29, 1.82) is 0 Å². The first-order valence-corrected chi connectivity index (χ1v) is 9.15. The molecule has 0 bridgehead atoms. The first-order chi connectivity index (χ1) is 10.7. The van der Waals surface area contributed by atoms with Crippen LogP contribution in [0.2, 0.25) is 0 Å². The maximum atomic E-state index is 4.56. The topological polar surface area (TPSA) is 12.0 Å². The Labute approximate surface area is 143 Å². The van der Waals surface area contributed by atoms with E-state index in [0.717, 1.165) is 0 Å². The number of hydrogen-bond donors (Lipinski definition) is 1. The molecular weight excluding hydrogens is 278 g/mol. The molecule has 0 aromatic carbocycles. The van der Waals surface area contributed by atoms with E-state index < -0.39 is 0 Å². The molecule has 0 heterocycles. The molecule has 2 rings (SSSR count). The van der Waals surface area contributed by atoms with Gasteiger partial charge in [0.25, 0.3) is 0 Å². The second-order valence-corrected chi connectivity index (χ2v) is 8.74. The zero-order chi connectivity index (χ0) is 17.3. The minimum absolute atomic E-state index is 0.0625. The first kappa shape index (κ1) is 18.3. The molecule has 2 aliphatic carbocycles. The van der Waals surface area contributed by atoms with Gasteiger partial charge in [0.2, 0.25) is 0 Å². The average molecular weight is 314 g/mol. The van der Waals surface area contributed by atoms with E-state index in [1.807, 2.05) is 0 Å². The van der Waals surface area contributed by atoms with E-state index in [-0.39, 0.29) is 11.0 Å². The lowest BCUT2D eigenvalue weighted by atomic mass is 9.69. The van der Waals surface area contributed by atoms with Gasteiger partial charge in [-0.2, -0.15) is 0 Å². The summed E-state index contributed by atoms with van der Waals surface area (Å²) in [5.41, 5.74) is 1.48. The SMILES string of the molecule is C=C(C(NC(C)(C)C1C=CCC1)C(C)C)C(C)(C)C1C=CC=C1. The largest absolute Gasteiger partial charge is 0.304 e. The van der Waals surface area contributed by atoms with E-state index in [9.17, 15) is 0 Å². The lowest BCUT2D eigenvalue weighted by Crippen LogP contribution is -2.54. The van der Waals surface area contributed by atoms with Gasteiger partial charge in [0.15, 0.2) is 0 Å². The predicted octanol–water partition coefficient (Wildman–Crippen LogP) is 5.67. The molecule has 0 saturated carbocycles. The minimum atomic E-state index is 0.0625. The summed E-state index contributed by atoms with van der Waals surface area (Å²) in [6, 6.07) is 0.330. The van der Waals surface area contributed by atoms with Crippen LogP contribution in [0, 0.1) is 23.2 Å². The Hall–Kier alpha value is -1.08. The van der Waals surface area contributed by atoms with Crippen LogP contribution in [0.3, 0.4) is 0 Å². The second kappa shape index (κ2) is 6.81. The minimum Gasteiger partial charge on any atom is -0.304 e. The summed E-state index contributed by atoms with van der Waals surface area (Å²) in [4.78, 5) is 0. The molecule has 23 heavy (non-hydrogen) atoms. The maximum Gasteiger partial charge on any atom is 0.0310 e. The van der Waals surface area contributed by atoms with Crippen LogP contribution in [0.5, 0.6) is 0 Å². The van der Waals surface area contributed by atoms with Gasteiger partial charge in [0.05, 0.1) is 0 Å². The Kier molecular flexibility index (Phi) is 5.41. The quantitative estimate of drug-likeness (QED) is 0.597. The van der Waals surface area contributed by atoms with Gasteiger partial charge in [-0.15, -0.1) is 0 Å². The molecule has 0 fully saturated rings. The van der Waals surface area contributed by atoms with Crippen molar-refractivity contribution in [3.63, 3.8) is 0 Å². The van der Waals surface area contributed by atoms with E-state index in [1.165, 1.54) is 18.4 Å². The molecule has 0 saturated heterocycles. The fraction of sp³-hybridized carbons (Fsp3) is 0.636. The van der Waals surface area contributed by atoms with Crippen LogP contribution in [0.15, 0.2) is 48.6 Å². The molecule has 0 amide bonds. The molecular formula is C22H35N. The normalized spacial score (nSPS) is 23.2. The Morgan fingerprint density at radius 3 is 2.17 bits per heavy atom. The third-order valence-electron chi connectivity index (χ3n) is 5.92. The van der Waals surface area contributed by atoms with E-state index in [1.54, 1.807) is 0 Å². The summed E-state index contributed by atoms with van der Waals surface area (Å²) in [6.45, 7) is 18.5. The van der Waals surface area contributed by atoms with Crippen LogP contribution in [0.1, 0.15) is 54.4 Å². The van der Waals surface area contributed by atoms with Crippen LogP contribution in [0.25, 0.3) is 0 Å². The van der Waals surface area contributed by atoms with Crippen LogP contribution >= 0.6 is 0 Å². The van der Waals surface area contributed by atoms with Crippen molar-refractivity contribution in [1.82, 2.24) is 5.32 Å². The second-order valence-electron chi connectivity index (χ2n) is 8.74. The van der Waals surface area contributed by atoms with Crippen molar-refractivity contribution >= 4 is 0 Å². The van der Waals surface area contributed by atoms with Gasteiger partial charge in [-0.1, -0.05) is 76.3 Å². The number of allylic oxidation sites excluding steroid dienone is 5. The number of hydrogen-bond acceptors (Lipinski definition) is 1. The van der Waals surface area contributed by atoms with Crippen molar-refractivity contribution < 1.29 is 0 Å². The summed E-state index contributed by atoms with van der Waals surface area (Å²) < 4.78 is 0. The molecule has 0 spiro atoms. The standard InChI is InChI=1S/C22H35N/c1-16(2)20(23-22(6,7)19-14-10-11-15-19)17(3)21(4,5)18-12-8-9-13-18/h8-10,12-14,16,18-20,23H,3,11,15H2,1-2,4-7H3. The molecule has 0 aromatic rings. The van der Waals surface area contributed by atoms with Gasteiger partial charge in [0.1, 0.15) is 0 Å². The first-order valence-electron chi connectivity index (χ1n) is 9.15. The fourth-order valence-corrected chi connectivity index (χ4v) is 3.93. The van der Waals surface area contributed by atoms with Crippen molar-refractivity contribution in [3.8, 4) is 0 Å². The summed E-state index contributed by atoms with van der Waals surface area (Å²) >= 11 is 0. The monoisotopic (exact) mass is 313 g/mol. The van der Waals surface area contributed by atoms with Crippen molar-refractivity contribution in [2.75, 3.05) is 0 Å². The highest BCUT2D eigenvalue weighted by Gasteiger charge is 2.38. The van der Waals surface area contributed by atoms with Gasteiger partial charge in [-0.05, 0) is 43.9 Å². The van der Waals surface area contributed by atoms with Gasteiger partial charge < -0.3 is 5.32 Å². The lowest BCUT2D eigenvalue weighted by molar-refractivity contribution is 0.222. The molecule has 1 heteroatoms. The van der Waals surface area contributed by atoms with Crippen molar-refractivity contribution in [2.24, 2.45) is 23.2 Å². The van der Waals surface area contributed by atoms with E-state index in [4.69, 9.17) is 0 Å². The van der Waals surface area contributed by atoms with Gasteiger partial charge in [0, 0.05) is 17.5 Å². The molecule has 128 valence electrons. The molecule has 2 atom stereocenters. The predicted molar refractivity (Wildman–Crippen MR) is 102 cm³/mol. The summed E-state index contributed by atoms with van der Waals surface area (Å²) in [6.07, 6.45) is 16.1. The zero-order valence-electron chi connectivity index (χ0n) is 15.9. The van der Waals surface area contributed by atoms with Crippen LogP contribution in [-0.4, -0.2) is 11.6 Å². The molecule has 1 N–H and O–H groups in total. The maximum absolute atomic E-state index is 4.56. The van der Waals surface area contributed by atoms with Crippen LogP contribution < -0.4 is 5.32 Å². The summed E-state index contributed by atoms with van der Waals surface area (Å²) in [5.74, 6) is 1.60. The molecule has 2 unspecified atom stereocenters. The molecule has 2 aliphatic rings. The van der Waals surface area contributed by atoms with Gasteiger partial charge in [-0.3, -0.25) is 0 Å². The van der Waals surface area contributed by atoms with E-state index in [0.29, 0.717) is 23.8 Å². The molecule has 1 nitrogen and oxygen atoms in total. The molecule has 0 radical (unpaired) electrons. The van der Waals surface area contributed by atoms with Crippen molar-refractivity contribution in [2.45, 2.75) is 66.0 Å². The third-order valence-corrected chi connectivity index (χ3v) is 5.92. The van der Waals surface area contributed by atoms with Gasteiger partial charge in [-0.25, -0.2) is 0 Å². The number of rotatable bonds is 7. The lowest BCUT2D eigenvalue weighted by Gasteiger charge is -2.43. The van der Waals surface area contributed by atoms with E-state index in [2.05, 4.69) is 89.9 Å². The highest BCUT2D eigenvalue weighted by atomic mass is 15.0. The van der Waals surface area contributed by atoms with Crippen LogP contribution in [0.4, 0.5) is 0 Å². The highest BCUT2D eigenvalue weighted by molar-refractivity contribution is 5.29. The summed E-state index contributed by atoms with van der Waals surface area (Å²) in [7, 11) is 0. The van der Waals surface area contributed by atoms with Gasteiger partial charge >= 0.3 is 0 Å². The third kappa shape index (κ3) is 3.88. The Bertz CT molecular complexity index is 504. The van der Waals surface area contributed by atoms with E-state index >= 15 is 0 Å². The summed E-state index contributed by atoms with van der Waals surface area (Å²) in [5, 5.41) is 3.97. The van der Waals surface area contributed by atoms with Crippen LogP contribution in [-0.2, 0) is 0 Å². The van der Waals surface area contributed by atoms with Crippen molar-refractivity contribution in [3.05, 3.63) is 48.6 Å². The molecule has 0 aliphatic heterocycles. The Morgan fingerprint density at radius 2 is 1.70 bits per heavy atom. The Balaban J connectivity index is 2.17. The smallest absolute Gasteiger partial charge is 0.0310 e. The number of nitrogens with one attached hydrogen (secondary N) is 1. The highest BCUT2D eigenvalue weighted by Crippen LogP contribution is 2.41. The average Bonchev–Trinajstić information content (AvgIpc) is 3.15. The Morgan fingerprint density at radius 1 is 1.09 bits per heavy atom. The molecule has 0 aromatic heterocycles. The fourth-order valence-electron chi connectivity index (χ4n) is 3.93. The zero-order valence-corrected chi connectivity index (χ0v) is 15.9.